The minimum Gasteiger partial charge on any atom is -0.469 e. The van der Waals surface area contributed by atoms with E-state index in [1.807, 2.05) is 18.3 Å². The van der Waals surface area contributed by atoms with Crippen molar-refractivity contribution in [2.24, 2.45) is 0 Å². The van der Waals surface area contributed by atoms with Crippen LogP contribution in [0.2, 0.25) is 0 Å². The van der Waals surface area contributed by atoms with Crippen molar-refractivity contribution in [3.05, 3.63) is 30.2 Å². The SMILES string of the molecule is COC(=O)C(C)c1ccc2nncn2c1. The predicted octanol–water partition coefficient (Wildman–Crippen LogP) is 1.01. The van der Waals surface area contributed by atoms with Crippen LogP contribution in [-0.2, 0) is 9.53 Å². The van der Waals surface area contributed by atoms with Crippen molar-refractivity contribution in [1.82, 2.24) is 14.6 Å². The zero-order valence-corrected chi connectivity index (χ0v) is 8.54. The summed E-state index contributed by atoms with van der Waals surface area (Å²) in [5.41, 5.74) is 1.64. The summed E-state index contributed by atoms with van der Waals surface area (Å²) >= 11 is 0. The summed E-state index contributed by atoms with van der Waals surface area (Å²) in [5, 5.41) is 7.64. The van der Waals surface area contributed by atoms with Gasteiger partial charge in [0.05, 0.1) is 13.0 Å². The standard InChI is InChI=1S/C10H11N3O2/c1-7(10(14)15-2)8-3-4-9-12-11-6-13(9)5-8/h3-7H,1-2H3. The Bertz CT molecular complexity index is 492. The molecule has 2 aromatic heterocycles. The molecule has 1 atom stereocenters. The molecule has 0 aliphatic heterocycles. The van der Waals surface area contributed by atoms with Gasteiger partial charge in [0.2, 0.25) is 0 Å². The highest BCUT2D eigenvalue weighted by atomic mass is 16.5. The minimum atomic E-state index is -0.276. The topological polar surface area (TPSA) is 56.5 Å². The van der Waals surface area contributed by atoms with Gasteiger partial charge in [-0.3, -0.25) is 9.20 Å². The number of methoxy groups -OCH3 is 1. The first-order valence-corrected chi connectivity index (χ1v) is 4.59. The molecule has 0 bridgehead atoms. The number of pyridine rings is 1. The summed E-state index contributed by atoms with van der Waals surface area (Å²) in [6.45, 7) is 1.80. The molecule has 0 aromatic carbocycles. The van der Waals surface area contributed by atoms with Gasteiger partial charge in [-0.2, -0.15) is 0 Å². The van der Waals surface area contributed by atoms with E-state index in [1.165, 1.54) is 7.11 Å². The van der Waals surface area contributed by atoms with Crippen molar-refractivity contribution in [3.8, 4) is 0 Å². The highest BCUT2D eigenvalue weighted by Gasteiger charge is 2.15. The zero-order chi connectivity index (χ0) is 10.8. The summed E-state index contributed by atoms with van der Waals surface area (Å²) in [7, 11) is 1.39. The van der Waals surface area contributed by atoms with Crippen LogP contribution < -0.4 is 0 Å². The number of fused-ring (bicyclic) bond motifs is 1. The third kappa shape index (κ3) is 1.68. The van der Waals surface area contributed by atoms with Crippen LogP contribution in [0.1, 0.15) is 18.4 Å². The average Bonchev–Trinajstić information content (AvgIpc) is 2.73. The Kier molecular flexibility index (Phi) is 2.37. The van der Waals surface area contributed by atoms with Crippen molar-refractivity contribution < 1.29 is 9.53 Å². The minimum absolute atomic E-state index is 0.248. The van der Waals surface area contributed by atoms with Gasteiger partial charge in [0, 0.05) is 6.20 Å². The molecule has 0 saturated heterocycles. The van der Waals surface area contributed by atoms with Crippen LogP contribution in [0.3, 0.4) is 0 Å². The highest BCUT2D eigenvalue weighted by Crippen LogP contribution is 2.16. The van der Waals surface area contributed by atoms with Crippen LogP contribution in [0, 0.1) is 0 Å². The van der Waals surface area contributed by atoms with Crippen LogP contribution in [0.25, 0.3) is 5.65 Å². The van der Waals surface area contributed by atoms with E-state index in [0.29, 0.717) is 0 Å². The number of esters is 1. The zero-order valence-electron chi connectivity index (χ0n) is 8.54. The normalized spacial score (nSPS) is 12.7. The summed E-state index contributed by atoms with van der Waals surface area (Å²) in [6, 6.07) is 3.67. The number of hydrogen-bond acceptors (Lipinski definition) is 4. The summed E-state index contributed by atoms with van der Waals surface area (Å²) in [5.74, 6) is -0.524. The predicted molar refractivity (Wildman–Crippen MR) is 53.4 cm³/mol. The molecule has 0 N–H and O–H groups in total. The fraction of sp³-hybridized carbons (Fsp3) is 0.300. The Morgan fingerprint density at radius 1 is 1.53 bits per heavy atom. The molecular weight excluding hydrogens is 194 g/mol. The van der Waals surface area contributed by atoms with E-state index in [-0.39, 0.29) is 11.9 Å². The maximum Gasteiger partial charge on any atom is 0.312 e. The third-order valence-corrected chi connectivity index (χ3v) is 2.37. The molecule has 1 unspecified atom stereocenters. The number of aromatic nitrogens is 3. The summed E-state index contributed by atoms with van der Waals surface area (Å²) in [6.07, 6.45) is 3.43. The number of hydrogen-bond donors (Lipinski definition) is 0. The molecular formula is C10H11N3O2. The van der Waals surface area contributed by atoms with Gasteiger partial charge in [0.1, 0.15) is 6.33 Å². The van der Waals surface area contributed by atoms with E-state index in [1.54, 1.807) is 17.7 Å². The van der Waals surface area contributed by atoms with Crippen molar-refractivity contribution in [3.63, 3.8) is 0 Å². The first-order chi connectivity index (χ1) is 7.22. The molecule has 0 aliphatic carbocycles. The molecule has 0 spiro atoms. The maximum atomic E-state index is 11.3. The second-order valence-corrected chi connectivity index (χ2v) is 3.30. The molecule has 15 heavy (non-hydrogen) atoms. The van der Waals surface area contributed by atoms with Gasteiger partial charge in [0.25, 0.3) is 0 Å². The molecule has 2 rings (SSSR count). The maximum absolute atomic E-state index is 11.3. The molecule has 78 valence electrons. The third-order valence-electron chi connectivity index (χ3n) is 2.37. The van der Waals surface area contributed by atoms with Crippen molar-refractivity contribution >= 4 is 11.6 Å². The van der Waals surface area contributed by atoms with E-state index in [4.69, 9.17) is 0 Å². The lowest BCUT2D eigenvalue weighted by Gasteiger charge is -2.09. The van der Waals surface area contributed by atoms with E-state index < -0.39 is 0 Å². The number of nitrogens with zero attached hydrogens (tertiary/aromatic N) is 3. The lowest BCUT2D eigenvalue weighted by molar-refractivity contribution is -0.142. The molecule has 2 heterocycles. The summed E-state index contributed by atoms with van der Waals surface area (Å²) < 4.78 is 6.45. The number of carbonyl (C=O) groups excluding carboxylic acids is 1. The van der Waals surface area contributed by atoms with E-state index >= 15 is 0 Å². The summed E-state index contributed by atoms with van der Waals surface area (Å²) in [4.78, 5) is 11.3. The number of ether oxygens (including phenoxy) is 1. The van der Waals surface area contributed by atoms with Crippen LogP contribution in [0.15, 0.2) is 24.7 Å². The van der Waals surface area contributed by atoms with Crippen molar-refractivity contribution in [2.45, 2.75) is 12.8 Å². The van der Waals surface area contributed by atoms with E-state index in [2.05, 4.69) is 14.9 Å². The van der Waals surface area contributed by atoms with Gasteiger partial charge >= 0.3 is 5.97 Å². The van der Waals surface area contributed by atoms with Crippen LogP contribution >= 0.6 is 0 Å². The molecule has 2 aromatic rings. The molecule has 0 aliphatic rings. The lowest BCUT2D eigenvalue weighted by atomic mass is 10.0. The van der Waals surface area contributed by atoms with Gasteiger partial charge in [-0.15, -0.1) is 10.2 Å². The van der Waals surface area contributed by atoms with Gasteiger partial charge in [-0.1, -0.05) is 6.07 Å². The Morgan fingerprint density at radius 3 is 3.07 bits per heavy atom. The van der Waals surface area contributed by atoms with Gasteiger partial charge in [-0.25, -0.2) is 0 Å². The van der Waals surface area contributed by atoms with Gasteiger partial charge in [-0.05, 0) is 18.6 Å². The quantitative estimate of drug-likeness (QED) is 0.686. The van der Waals surface area contributed by atoms with E-state index in [0.717, 1.165) is 11.2 Å². The molecule has 0 saturated carbocycles. The molecule has 5 heteroatoms. The fourth-order valence-corrected chi connectivity index (χ4v) is 1.41. The second-order valence-electron chi connectivity index (χ2n) is 3.30. The highest BCUT2D eigenvalue weighted by molar-refractivity contribution is 5.77. The first kappa shape index (κ1) is 9.64. The number of rotatable bonds is 2. The Hall–Kier alpha value is -1.91. The fourth-order valence-electron chi connectivity index (χ4n) is 1.41. The molecule has 0 radical (unpaired) electrons. The largest absolute Gasteiger partial charge is 0.469 e. The second kappa shape index (κ2) is 3.68. The van der Waals surface area contributed by atoms with Gasteiger partial charge in [0.15, 0.2) is 5.65 Å². The van der Waals surface area contributed by atoms with Crippen LogP contribution in [-0.4, -0.2) is 27.7 Å². The Balaban J connectivity index is 2.39. The molecule has 0 fully saturated rings. The number of carbonyl (C=O) groups is 1. The van der Waals surface area contributed by atoms with Crippen molar-refractivity contribution in [2.75, 3.05) is 7.11 Å². The smallest absolute Gasteiger partial charge is 0.312 e. The lowest BCUT2D eigenvalue weighted by Crippen LogP contribution is -2.11. The average molecular weight is 205 g/mol. The van der Waals surface area contributed by atoms with Gasteiger partial charge < -0.3 is 4.74 Å². The van der Waals surface area contributed by atoms with E-state index in [9.17, 15) is 4.79 Å². The first-order valence-electron chi connectivity index (χ1n) is 4.59. The Labute approximate surface area is 86.7 Å². The van der Waals surface area contributed by atoms with Crippen molar-refractivity contribution in [1.29, 1.82) is 0 Å². The molecule has 0 amide bonds. The van der Waals surface area contributed by atoms with Crippen LogP contribution in [0.4, 0.5) is 0 Å². The Morgan fingerprint density at radius 2 is 2.33 bits per heavy atom. The van der Waals surface area contributed by atoms with Crippen LogP contribution in [0.5, 0.6) is 0 Å². The molecule has 5 nitrogen and oxygen atoms in total. The monoisotopic (exact) mass is 205 g/mol.